The first-order valence-corrected chi connectivity index (χ1v) is 11.1. The van der Waals surface area contributed by atoms with Gasteiger partial charge in [0.25, 0.3) is 0 Å². The quantitative estimate of drug-likeness (QED) is 0.464. The van der Waals surface area contributed by atoms with Crippen LogP contribution in [0.4, 0.5) is 11.4 Å². The molecule has 1 aromatic carbocycles. The number of carbonyl (C=O) groups excluding carboxylic acids is 1. The van der Waals surface area contributed by atoms with Crippen molar-refractivity contribution in [3.63, 3.8) is 0 Å². The average molecular weight is 424 g/mol. The summed E-state index contributed by atoms with van der Waals surface area (Å²) in [5.74, 6) is 6.66. The molecule has 0 radical (unpaired) electrons. The monoisotopic (exact) mass is 423 g/mol. The maximum atomic E-state index is 12.4. The van der Waals surface area contributed by atoms with Gasteiger partial charge in [0.1, 0.15) is 0 Å². The molecule has 2 aromatic heterocycles. The van der Waals surface area contributed by atoms with Crippen molar-refractivity contribution in [1.82, 2.24) is 19.9 Å². The summed E-state index contributed by atoms with van der Waals surface area (Å²) >= 11 is 1.24. The van der Waals surface area contributed by atoms with E-state index in [1.807, 2.05) is 24.3 Å². The lowest BCUT2D eigenvalue weighted by atomic mass is 10.2. The number of nitrogens with one attached hydrogen (secondary N) is 1. The Kier molecular flexibility index (Phi) is 6.48. The van der Waals surface area contributed by atoms with E-state index in [0.29, 0.717) is 11.0 Å². The molecule has 30 heavy (non-hydrogen) atoms. The molecular weight excluding hydrogens is 398 g/mol. The van der Waals surface area contributed by atoms with Gasteiger partial charge in [0.2, 0.25) is 11.1 Å². The van der Waals surface area contributed by atoms with E-state index in [2.05, 4.69) is 37.5 Å². The van der Waals surface area contributed by atoms with Crippen molar-refractivity contribution in [3.05, 3.63) is 48.8 Å². The number of aromatic nitrogens is 4. The van der Waals surface area contributed by atoms with E-state index in [0.717, 1.165) is 24.3 Å². The predicted molar refractivity (Wildman–Crippen MR) is 120 cm³/mol. The Labute approximate surface area is 179 Å². The van der Waals surface area contributed by atoms with Gasteiger partial charge >= 0.3 is 0 Å². The van der Waals surface area contributed by atoms with Crippen LogP contribution in [0.25, 0.3) is 11.4 Å². The van der Waals surface area contributed by atoms with Crippen molar-refractivity contribution in [3.8, 4) is 11.4 Å². The van der Waals surface area contributed by atoms with Crippen LogP contribution in [-0.4, -0.2) is 44.6 Å². The number of benzene rings is 1. The molecule has 9 heteroatoms. The van der Waals surface area contributed by atoms with Crippen LogP contribution in [0.15, 0.2) is 53.9 Å². The van der Waals surface area contributed by atoms with Crippen molar-refractivity contribution < 1.29 is 4.79 Å². The Hall–Kier alpha value is -3.07. The number of nitrogens with zero attached hydrogens (tertiary/aromatic N) is 5. The Balaban J connectivity index is 1.31. The van der Waals surface area contributed by atoms with Gasteiger partial charge < -0.3 is 16.1 Å². The van der Waals surface area contributed by atoms with Crippen LogP contribution in [0.5, 0.6) is 0 Å². The van der Waals surface area contributed by atoms with E-state index in [1.54, 1.807) is 12.4 Å². The molecule has 4 rings (SSSR count). The highest BCUT2D eigenvalue weighted by molar-refractivity contribution is 7.99. The number of rotatable bonds is 6. The second-order valence-corrected chi connectivity index (χ2v) is 8.15. The third kappa shape index (κ3) is 4.91. The number of hydrogen-bond acceptors (Lipinski definition) is 7. The normalized spacial score (nSPS) is 14.3. The number of thioether (sulfide) groups is 1. The van der Waals surface area contributed by atoms with Gasteiger partial charge in [-0.1, -0.05) is 24.6 Å². The van der Waals surface area contributed by atoms with Gasteiger partial charge in [-0.2, -0.15) is 0 Å². The van der Waals surface area contributed by atoms with Crippen molar-refractivity contribution in [1.29, 1.82) is 0 Å². The van der Waals surface area contributed by atoms with Crippen LogP contribution in [0, 0.1) is 0 Å². The Morgan fingerprint density at radius 2 is 1.83 bits per heavy atom. The minimum atomic E-state index is -0.117. The topological polar surface area (TPSA) is 102 Å². The van der Waals surface area contributed by atoms with Gasteiger partial charge in [0.15, 0.2) is 5.82 Å². The van der Waals surface area contributed by atoms with Crippen LogP contribution in [0.1, 0.15) is 25.7 Å². The molecule has 0 spiro atoms. The first-order chi connectivity index (χ1) is 14.7. The van der Waals surface area contributed by atoms with Crippen molar-refractivity contribution in [2.75, 3.05) is 34.9 Å². The maximum Gasteiger partial charge on any atom is 0.234 e. The number of nitrogens with two attached hydrogens (primary N) is 1. The Morgan fingerprint density at radius 1 is 1.07 bits per heavy atom. The lowest BCUT2D eigenvalue weighted by Crippen LogP contribution is -2.23. The molecule has 3 aromatic rings. The van der Waals surface area contributed by atoms with Gasteiger partial charge in [-0.05, 0) is 49.2 Å². The highest BCUT2D eigenvalue weighted by Gasteiger charge is 2.14. The average Bonchev–Trinajstić information content (AvgIpc) is 2.96. The van der Waals surface area contributed by atoms with Gasteiger partial charge in [-0.15, -0.1) is 10.2 Å². The minimum absolute atomic E-state index is 0.117. The lowest BCUT2D eigenvalue weighted by molar-refractivity contribution is -0.113. The molecular formula is C21H25N7OS. The third-order valence-corrected chi connectivity index (χ3v) is 5.98. The molecule has 1 saturated heterocycles. The molecule has 0 unspecified atom stereocenters. The van der Waals surface area contributed by atoms with E-state index in [9.17, 15) is 4.79 Å². The zero-order chi connectivity index (χ0) is 20.8. The molecule has 3 N–H and O–H groups in total. The third-order valence-electron chi connectivity index (χ3n) is 5.04. The van der Waals surface area contributed by atoms with E-state index in [1.165, 1.54) is 47.8 Å². The van der Waals surface area contributed by atoms with Crippen LogP contribution in [0.2, 0.25) is 0 Å². The summed E-state index contributed by atoms with van der Waals surface area (Å²) in [5.41, 5.74) is 2.76. The fourth-order valence-electron chi connectivity index (χ4n) is 3.48. The lowest BCUT2D eigenvalue weighted by Gasteiger charge is -2.22. The summed E-state index contributed by atoms with van der Waals surface area (Å²) in [6.45, 7) is 2.20. The molecule has 3 heterocycles. The maximum absolute atomic E-state index is 12.4. The van der Waals surface area contributed by atoms with Crippen LogP contribution in [-0.2, 0) is 4.79 Å². The number of nitrogen functional groups attached to an aromatic ring is 1. The summed E-state index contributed by atoms with van der Waals surface area (Å²) in [7, 11) is 0. The largest absolute Gasteiger partial charge is 0.372 e. The molecule has 0 bridgehead atoms. The Bertz CT molecular complexity index is 967. The van der Waals surface area contributed by atoms with Crippen molar-refractivity contribution >= 4 is 29.0 Å². The van der Waals surface area contributed by atoms with Crippen LogP contribution >= 0.6 is 11.8 Å². The number of anilines is 2. The second-order valence-electron chi connectivity index (χ2n) is 7.20. The highest BCUT2D eigenvalue weighted by atomic mass is 32.2. The van der Waals surface area contributed by atoms with Gasteiger partial charge in [-0.25, -0.2) is 4.68 Å². The fraction of sp³-hybridized carbons (Fsp3) is 0.333. The first kappa shape index (κ1) is 20.2. The fourth-order valence-corrected chi connectivity index (χ4v) is 4.14. The molecule has 156 valence electrons. The van der Waals surface area contributed by atoms with Crippen LogP contribution < -0.4 is 16.1 Å². The molecule has 1 fully saturated rings. The Morgan fingerprint density at radius 3 is 2.53 bits per heavy atom. The molecule has 8 nitrogen and oxygen atoms in total. The SMILES string of the molecule is Nn1c(SCC(=O)Nc2ccc(N3CCCCCC3)cc2)nnc1-c1cccnc1. The molecule has 1 amide bonds. The van der Waals surface area contributed by atoms with E-state index >= 15 is 0 Å². The predicted octanol–water partition coefficient (Wildman–Crippen LogP) is 3.17. The zero-order valence-electron chi connectivity index (χ0n) is 16.7. The first-order valence-electron chi connectivity index (χ1n) is 10.1. The molecule has 1 aliphatic rings. The summed E-state index contributed by atoms with van der Waals surface area (Å²) < 4.78 is 1.38. The molecule has 0 saturated carbocycles. The van der Waals surface area contributed by atoms with E-state index < -0.39 is 0 Å². The summed E-state index contributed by atoms with van der Waals surface area (Å²) in [6, 6.07) is 11.7. The summed E-state index contributed by atoms with van der Waals surface area (Å²) in [5, 5.41) is 11.6. The van der Waals surface area contributed by atoms with Gasteiger partial charge in [0, 0.05) is 42.4 Å². The molecule has 0 aliphatic carbocycles. The molecule has 1 aliphatic heterocycles. The van der Waals surface area contributed by atoms with Crippen molar-refractivity contribution in [2.45, 2.75) is 30.8 Å². The second kappa shape index (κ2) is 9.62. The standard InChI is InChI=1S/C21H25N7OS/c22-28-20(16-6-5-11-23-14-16)25-26-21(28)30-15-19(29)24-17-7-9-18(10-8-17)27-12-3-1-2-4-13-27/h5-11,14H,1-4,12-13,15,22H2,(H,24,29). The van der Waals surface area contributed by atoms with Gasteiger partial charge in [0.05, 0.1) is 5.75 Å². The summed E-state index contributed by atoms with van der Waals surface area (Å²) in [4.78, 5) is 18.8. The molecule has 0 atom stereocenters. The zero-order valence-corrected chi connectivity index (χ0v) is 17.5. The highest BCUT2D eigenvalue weighted by Crippen LogP contribution is 2.23. The number of pyridine rings is 1. The number of amides is 1. The van der Waals surface area contributed by atoms with E-state index in [-0.39, 0.29) is 11.7 Å². The number of carbonyl (C=O) groups is 1. The van der Waals surface area contributed by atoms with Crippen LogP contribution in [0.3, 0.4) is 0 Å². The van der Waals surface area contributed by atoms with Crippen molar-refractivity contribution in [2.24, 2.45) is 0 Å². The smallest absolute Gasteiger partial charge is 0.234 e. The minimum Gasteiger partial charge on any atom is -0.372 e. The summed E-state index contributed by atoms with van der Waals surface area (Å²) in [6.07, 6.45) is 8.45. The van der Waals surface area contributed by atoms with E-state index in [4.69, 9.17) is 5.84 Å². The van der Waals surface area contributed by atoms with Gasteiger partial charge in [-0.3, -0.25) is 9.78 Å². The number of hydrogen-bond donors (Lipinski definition) is 2.